The van der Waals surface area contributed by atoms with E-state index in [4.69, 9.17) is 23.2 Å². The molecule has 3 rings (SSSR count). The van der Waals surface area contributed by atoms with Crippen LogP contribution in [0, 0.1) is 11.8 Å². The van der Waals surface area contributed by atoms with Crippen LogP contribution in [0.15, 0.2) is 41.6 Å². The summed E-state index contributed by atoms with van der Waals surface area (Å²) in [6.07, 6.45) is -6.08. The topological polar surface area (TPSA) is 75.6 Å². The van der Waals surface area contributed by atoms with Gasteiger partial charge in [0.05, 0.1) is 6.54 Å². The molecule has 1 amide bonds. The molecule has 1 fully saturated rings. The molecule has 1 unspecified atom stereocenters. The van der Waals surface area contributed by atoms with E-state index in [9.17, 15) is 27.7 Å². The number of alkyl halides is 3. The standard InChI is InChI=1S/C22H19Cl2F3N2O3S/c1-12-4-13(2-3-18(12)20(31)29-17-9-33-10-17)19(30)8-21(11-28-32,22(25,26)27)14-5-15(23)7-16(24)6-14/h2-7,17H,8-11H2,1H3,(H,29,31). The quantitative estimate of drug-likeness (QED) is 0.344. The Morgan fingerprint density at radius 3 is 2.24 bits per heavy atom. The molecule has 0 saturated carbocycles. The number of hydrogen-bond donors (Lipinski definition) is 1. The number of rotatable bonds is 8. The summed E-state index contributed by atoms with van der Waals surface area (Å²) in [5.41, 5.74) is -2.57. The van der Waals surface area contributed by atoms with E-state index in [-0.39, 0.29) is 27.6 Å². The molecule has 0 bridgehead atoms. The van der Waals surface area contributed by atoms with Gasteiger partial charge in [0, 0.05) is 45.1 Å². The number of carbonyl (C=O) groups excluding carboxylic acids is 2. The van der Waals surface area contributed by atoms with E-state index in [0.29, 0.717) is 11.1 Å². The molecule has 1 aliphatic rings. The van der Waals surface area contributed by atoms with Crippen molar-refractivity contribution in [3.63, 3.8) is 0 Å². The Morgan fingerprint density at radius 1 is 1.12 bits per heavy atom. The molecule has 1 atom stereocenters. The second-order valence-electron chi connectivity index (χ2n) is 7.86. The summed E-state index contributed by atoms with van der Waals surface area (Å²) in [4.78, 5) is 36.4. The Bertz CT molecular complexity index is 1070. The third-order valence-electron chi connectivity index (χ3n) is 5.52. The van der Waals surface area contributed by atoms with E-state index in [1.807, 2.05) is 0 Å². The van der Waals surface area contributed by atoms with Gasteiger partial charge in [0.25, 0.3) is 5.91 Å². The lowest BCUT2D eigenvalue weighted by Gasteiger charge is -2.34. The number of Topliss-reactive ketones (excluding diaryl/α,β-unsaturated/α-hetero) is 1. The van der Waals surface area contributed by atoms with E-state index in [1.54, 1.807) is 18.7 Å². The van der Waals surface area contributed by atoms with E-state index in [2.05, 4.69) is 10.5 Å². The van der Waals surface area contributed by atoms with Gasteiger partial charge in [0.1, 0.15) is 5.41 Å². The fourth-order valence-corrected chi connectivity index (χ4v) is 4.76. The van der Waals surface area contributed by atoms with Crippen molar-refractivity contribution in [1.29, 1.82) is 0 Å². The maximum absolute atomic E-state index is 14.3. The van der Waals surface area contributed by atoms with Gasteiger partial charge in [-0.05, 0) is 48.4 Å². The van der Waals surface area contributed by atoms with Gasteiger partial charge in [0.15, 0.2) is 5.78 Å². The van der Waals surface area contributed by atoms with Gasteiger partial charge in [-0.3, -0.25) is 9.59 Å². The normalized spacial score (nSPS) is 15.9. The largest absolute Gasteiger partial charge is 0.400 e. The monoisotopic (exact) mass is 518 g/mol. The Morgan fingerprint density at radius 2 is 1.76 bits per heavy atom. The molecule has 2 aromatic carbocycles. The molecule has 0 aromatic heterocycles. The first-order valence-corrected chi connectivity index (χ1v) is 11.7. The van der Waals surface area contributed by atoms with E-state index >= 15 is 0 Å². The lowest BCUT2D eigenvalue weighted by molar-refractivity contribution is -0.187. The number of aryl methyl sites for hydroxylation is 1. The van der Waals surface area contributed by atoms with Crippen LogP contribution in [0.5, 0.6) is 0 Å². The van der Waals surface area contributed by atoms with Crippen molar-refractivity contribution in [3.05, 3.63) is 73.6 Å². The van der Waals surface area contributed by atoms with Crippen LogP contribution < -0.4 is 5.32 Å². The van der Waals surface area contributed by atoms with Crippen molar-refractivity contribution >= 4 is 46.7 Å². The molecule has 5 nitrogen and oxygen atoms in total. The van der Waals surface area contributed by atoms with Crippen LogP contribution in [0.2, 0.25) is 10.0 Å². The minimum Gasteiger partial charge on any atom is -0.348 e. The third kappa shape index (κ3) is 5.53. The first-order valence-electron chi connectivity index (χ1n) is 9.82. The van der Waals surface area contributed by atoms with Crippen LogP contribution in [-0.2, 0) is 5.41 Å². The predicted octanol–water partition coefficient (Wildman–Crippen LogP) is 5.99. The molecular weight excluding hydrogens is 500 g/mol. The fraction of sp³-hybridized carbons (Fsp3) is 0.364. The summed E-state index contributed by atoms with van der Waals surface area (Å²) in [5.74, 6) is 0.468. The summed E-state index contributed by atoms with van der Waals surface area (Å²) in [6.45, 7) is 0.375. The minimum atomic E-state index is -5.00. The third-order valence-corrected chi connectivity index (χ3v) is 7.23. The second-order valence-corrected chi connectivity index (χ2v) is 9.81. The van der Waals surface area contributed by atoms with E-state index in [1.165, 1.54) is 24.3 Å². The van der Waals surface area contributed by atoms with Gasteiger partial charge >= 0.3 is 6.18 Å². The average molecular weight is 519 g/mol. The molecule has 1 aliphatic heterocycles. The van der Waals surface area contributed by atoms with Gasteiger partial charge in [-0.15, -0.1) is 0 Å². The summed E-state index contributed by atoms with van der Waals surface area (Å²) >= 11 is 13.5. The maximum atomic E-state index is 14.3. The van der Waals surface area contributed by atoms with Gasteiger partial charge in [-0.1, -0.05) is 34.4 Å². The van der Waals surface area contributed by atoms with Crippen LogP contribution in [0.1, 0.15) is 38.3 Å². The molecule has 11 heteroatoms. The molecule has 0 radical (unpaired) electrons. The Hall–Kier alpha value is -2.10. The fourth-order valence-electron chi connectivity index (χ4n) is 3.59. The van der Waals surface area contributed by atoms with E-state index < -0.39 is 35.9 Å². The average Bonchev–Trinajstić information content (AvgIpc) is 2.68. The predicted molar refractivity (Wildman–Crippen MR) is 124 cm³/mol. The first kappa shape index (κ1) is 25.5. The number of nitrogens with one attached hydrogen (secondary N) is 1. The molecule has 0 aliphatic carbocycles. The molecule has 2 aromatic rings. The van der Waals surface area contributed by atoms with Crippen LogP contribution in [0.3, 0.4) is 0 Å². The van der Waals surface area contributed by atoms with Crippen LogP contribution >= 0.6 is 35.0 Å². The molecular formula is C22H19Cl2F3N2O3S. The molecule has 1 N–H and O–H groups in total. The molecule has 1 heterocycles. The van der Waals surface area contributed by atoms with Crippen LogP contribution in [0.4, 0.5) is 13.2 Å². The molecule has 33 heavy (non-hydrogen) atoms. The number of nitroso groups, excluding NO2 is 1. The van der Waals surface area contributed by atoms with Crippen LogP contribution in [0.25, 0.3) is 0 Å². The number of hydrogen-bond acceptors (Lipinski definition) is 5. The Labute approximate surface area is 202 Å². The zero-order valence-corrected chi connectivity index (χ0v) is 19.7. The zero-order valence-electron chi connectivity index (χ0n) is 17.3. The second kappa shape index (κ2) is 10.0. The van der Waals surface area contributed by atoms with Crippen molar-refractivity contribution in [1.82, 2.24) is 5.32 Å². The number of ketones is 1. The summed E-state index contributed by atoms with van der Waals surface area (Å²) in [6, 6.07) is 7.46. The van der Waals surface area contributed by atoms with Crippen molar-refractivity contribution < 1.29 is 22.8 Å². The molecule has 176 valence electrons. The number of nitrogens with zero attached hydrogens (tertiary/aromatic N) is 1. The maximum Gasteiger partial charge on any atom is 0.400 e. The number of halogens is 5. The summed E-state index contributed by atoms with van der Waals surface area (Å²) < 4.78 is 42.9. The summed E-state index contributed by atoms with van der Waals surface area (Å²) in [5, 5.41) is 5.22. The van der Waals surface area contributed by atoms with Gasteiger partial charge in [-0.25, -0.2) is 0 Å². The number of amides is 1. The Kier molecular flexibility index (Phi) is 7.76. The van der Waals surface area contributed by atoms with Gasteiger partial charge in [0.2, 0.25) is 0 Å². The Balaban J connectivity index is 1.94. The number of carbonyl (C=O) groups is 2. The lowest BCUT2D eigenvalue weighted by atomic mass is 9.74. The van der Waals surface area contributed by atoms with Gasteiger partial charge < -0.3 is 5.32 Å². The van der Waals surface area contributed by atoms with Crippen molar-refractivity contribution in [3.8, 4) is 0 Å². The SMILES string of the molecule is Cc1cc(C(=O)CC(CN=O)(c2cc(Cl)cc(Cl)c2)C(F)(F)F)ccc1C(=O)NC1CSC1. The van der Waals surface area contributed by atoms with Gasteiger partial charge in [-0.2, -0.15) is 29.8 Å². The van der Waals surface area contributed by atoms with Crippen molar-refractivity contribution in [2.75, 3.05) is 18.1 Å². The summed E-state index contributed by atoms with van der Waals surface area (Å²) in [7, 11) is 0. The minimum absolute atomic E-state index is 0.0177. The van der Waals surface area contributed by atoms with Crippen molar-refractivity contribution in [2.45, 2.75) is 31.0 Å². The first-order chi connectivity index (χ1) is 15.5. The highest BCUT2D eigenvalue weighted by Crippen LogP contribution is 2.46. The number of benzene rings is 2. The molecule has 1 saturated heterocycles. The highest BCUT2D eigenvalue weighted by Gasteiger charge is 2.57. The van der Waals surface area contributed by atoms with Crippen molar-refractivity contribution in [2.24, 2.45) is 5.18 Å². The van der Waals surface area contributed by atoms with E-state index in [0.717, 1.165) is 23.6 Å². The highest BCUT2D eigenvalue weighted by molar-refractivity contribution is 8.00. The van der Waals surface area contributed by atoms with Crippen LogP contribution in [-0.4, -0.2) is 42.0 Å². The smallest absolute Gasteiger partial charge is 0.348 e. The molecule has 0 spiro atoms. The number of thioether (sulfide) groups is 1. The zero-order chi connectivity index (χ0) is 24.4. The highest BCUT2D eigenvalue weighted by atomic mass is 35.5. The lowest BCUT2D eigenvalue weighted by Crippen LogP contribution is -2.46.